The van der Waals surface area contributed by atoms with Gasteiger partial charge >= 0.3 is 17.9 Å². The van der Waals surface area contributed by atoms with Crippen LogP contribution in [0, 0.1) is 0 Å². The summed E-state index contributed by atoms with van der Waals surface area (Å²) in [6.45, 7) is 0.798. The molecule has 0 saturated carbocycles. The van der Waals surface area contributed by atoms with Gasteiger partial charge in [-0.15, -0.1) is 0 Å². The molecule has 6 N–H and O–H groups in total. The predicted octanol–water partition coefficient (Wildman–Crippen LogP) is 3.72. The second kappa shape index (κ2) is 25.9. The maximum Gasteiger partial charge on any atom is 0.326 e. The van der Waals surface area contributed by atoms with Gasteiger partial charge in [0.25, 0.3) is 0 Å². The molecule has 2 unspecified atom stereocenters. The Bertz CT molecular complexity index is 909. The Hall–Kier alpha value is -3.51. The van der Waals surface area contributed by atoms with Crippen molar-refractivity contribution in [1.29, 1.82) is 0 Å². The average molecular weight is 628 g/mol. The summed E-state index contributed by atoms with van der Waals surface area (Å²) in [6, 6.07) is -2.52. The van der Waals surface area contributed by atoms with E-state index in [0.29, 0.717) is 6.42 Å². The molecule has 0 spiro atoms. The predicted molar refractivity (Wildman–Crippen MR) is 163 cm³/mol. The minimum atomic E-state index is -1.30. The Labute approximate surface area is 260 Å². The summed E-state index contributed by atoms with van der Waals surface area (Å²) in [7, 11) is 0. The Morgan fingerprint density at radius 3 is 1.27 bits per heavy atom. The zero-order chi connectivity index (χ0) is 33.2. The maximum atomic E-state index is 12.2. The molecular formula is C31H53N3O10. The zero-order valence-electron chi connectivity index (χ0n) is 26.2. The molecule has 13 nitrogen and oxygen atoms in total. The fourth-order valence-corrected chi connectivity index (χ4v) is 4.60. The standard InChI is InChI=1S/C31H53N3O10/c1-23(35)18-19-24(30(41)42)34-28(38)22-32-26(36)21-20-25(31(43)44)33-27(37)16-14-12-10-8-6-4-2-3-5-7-9-11-13-15-17-29(39)40/h24-25H,2-22H2,1H3,(H,32,36)(H,33,37)(H,34,38)(H,39,40)(H,41,42)(H,43,44). The van der Waals surface area contributed by atoms with Crippen LogP contribution in [-0.2, 0) is 33.6 Å². The molecule has 0 bridgehead atoms. The summed E-state index contributed by atoms with van der Waals surface area (Å²) < 4.78 is 0. The smallest absolute Gasteiger partial charge is 0.326 e. The second-order valence-electron chi connectivity index (χ2n) is 11.3. The van der Waals surface area contributed by atoms with Crippen molar-refractivity contribution < 1.29 is 48.9 Å². The second-order valence-corrected chi connectivity index (χ2v) is 11.3. The Morgan fingerprint density at radius 2 is 0.864 bits per heavy atom. The van der Waals surface area contributed by atoms with Gasteiger partial charge in [-0.2, -0.15) is 0 Å². The van der Waals surface area contributed by atoms with E-state index < -0.39 is 54.3 Å². The third-order valence-electron chi connectivity index (χ3n) is 7.20. The summed E-state index contributed by atoms with van der Waals surface area (Å²) >= 11 is 0. The van der Waals surface area contributed by atoms with E-state index >= 15 is 0 Å². The molecule has 0 fully saturated rings. The van der Waals surface area contributed by atoms with Gasteiger partial charge < -0.3 is 36.1 Å². The quantitative estimate of drug-likeness (QED) is 0.0661. The first-order chi connectivity index (χ1) is 20.9. The molecule has 0 aliphatic rings. The molecular weight excluding hydrogens is 574 g/mol. The van der Waals surface area contributed by atoms with Gasteiger partial charge in [-0.25, -0.2) is 9.59 Å². The average Bonchev–Trinajstić information content (AvgIpc) is 2.95. The van der Waals surface area contributed by atoms with Gasteiger partial charge in [0.15, 0.2) is 0 Å². The number of amides is 3. The highest BCUT2D eigenvalue weighted by atomic mass is 16.4. The maximum absolute atomic E-state index is 12.2. The molecule has 0 aliphatic heterocycles. The van der Waals surface area contributed by atoms with Gasteiger partial charge in [-0.05, 0) is 32.6 Å². The highest BCUT2D eigenvalue weighted by Crippen LogP contribution is 2.14. The fraction of sp³-hybridized carbons (Fsp3) is 0.774. The van der Waals surface area contributed by atoms with Gasteiger partial charge in [0, 0.05) is 25.7 Å². The Kier molecular flexibility index (Phi) is 23.9. The molecule has 0 heterocycles. The lowest BCUT2D eigenvalue weighted by Gasteiger charge is -2.15. The van der Waals surface area contributed by atoms with E-state index in [-0.39, 0.29) is 44.3 Å². The van der Waals surface area contributed by atoms with Crippen molar-refractivity contribution in [2.75, 3.05) is 6.54 Å². The number of hydrogen-bond acceptors (Lipinski definition) is 7. The lowest BCUT2D eigenvalue weighted by Crippen LogP contribution is -2.46. The summed E-state index contributed by atoms with van der Waals surface area (Å²) in [5.74, 6) is -5.29. The molecule has 0 radical (unpaired) electrons. The van der Waals surface area contributed by atoms with Crippen molar-refractivity contribution in [2.45, 2.75) is 147 Å². The van der Waals surface area contributed by atoms with Crippen LogP contribution in [0.5, 0.6) is 0 Å². The molecule has 0 aromatic rings. The Balaban J connectivity index is 3.94. The number of rotatable bonds is 29. The SMILES string of the molecule is CC(=O)CCC(NC(=O)CNC(=O)CCC(NC(=O)CCCCCCCCCCCCCCCCC(=O)O)C(=O)O)C(=O)O. The number of aliphatic carboxylic acids is 3. The van der Waals surface area contributed by atoms with Gasteiger partial charge in [0.2, 0.25) is 17.7 Å². The van der Waals surface area contributed by atoms with Crippen LogP contribution in [0.4, 0.5) is 0 Å². The lowest BCUT2D eigenvalue weighted by molar-refractivity contribution is -0.142. The van der Waals surface area contributed by atoms with E-state index in [0.717, 1.165) is 44.9 Å². The van der Waals surface area contributed by atoms with Gasteiger partial charge in [-0.3, -0.25) is 19.2 Å². The molecule has 0 aromatic heterocycles. The zero-order valence-corrected chi connectivity index (χ0v) is 26.2. The number of carboxylic acid groups (broad SMARTS) is 3. The Morgan fingerprint density at radius 1 is 0.477 bits per heavy atom. The first-order valence-corrected chi connectivity index (χ1v) is 15.9. The van der Waals surface area contributed by atoms with E-state index in [2.05, 4.69) is 16.0 Å². The van der Waals surface area contributed by atoms with E-state index in [1.165, 1.54) is 45.4 Å². The van der Waals surface area contributed by atoms with Crippen LogP contribution in [0.15, 0.2) is 0 Å². The first-order valence-electron chi connectivity index (χ1n) is 15.9. The van der Waals surface area contributed by atoms with Crippen molar-refractivity contribution in [2.24, 2.45) is 0 Å². The number of hydrogen-bond donors (Lipinski definition) is 6. The molecule has 44 heavy (non-hydrogen) atoms. The van der Waals surface area contributed by atoms with E-state index in [1.807, 2.05) is 0 Å². The first kappa shape index (κ1) is 40.5. The largest absolute Gasteiger partial charge is 0.481 e. The van der Waals surface area contributed by atoms with Crippen LogP contribution in [0.2, 0.25) is 0 Å². The monoisotopic (exact) mass is 627 g/mol. The molecule has 0 rings (SSSR count). The number of carbonyl (C=O) groups is 7. The number of carboxylic acids is 3. The van der Waals surface area contributed by atoms with Crippen molar-refractivity contribution in [1.82, 2.24) is 16.0 Å². The van der Waals surface area contributed by atoms with Crippen LogP contribution >= 0.6 is 0 Å². The van der Waals surface area contributed by atoms with Gasteiger partial charge in [0.1, 0.15) is 17.9 Å². The fourth-order valence-electron chi connectivity index (χ4n) is 4.60. The third-order valence-corrected chi connectivity index (χ3v) is 7.20. The number of unbranched alkanes of at least 4 members (excludes halogenated alkanes) is 13. The van der Waals surface area contributed by atoms with Crippen LogP contribution in [-0.4, -0.2) is 75.4 Å². The summed E-state index contributed by atoms with van der Waals surface area (Å²) in [5, 5.41) is 34.1. The summed E-state index contributed by atoms with van der Waals surface area (Å²) in [4.78, 5) is 80.5. The number of nitrogens with one attached hydrogen (secondary N) is 3. The van der Waals surface area contributed by atoms with E-state index in [4.69, 9.17) is 10.2 Å². The molecule has 3 amide bonds. The van der Waals surface area contributed by atoms with Crippen molar-refractivity contribution in [3.63, 3.8) is 0 Å². The topological polar surface area (TPSA) is 216 Å². The van der Waals surface area contributed by atoms with Crippen molar-refractivity contribution >= 4 is 41.4 Å². The third kappa shape index (κ3) is 25.0. The van der Waals surface area contributed by atoms with Gasteiger partial charge in [-0.1, -0.05) is 77.0 Å². The van der Waals surface area contributed by atoms with Gasteiger partial charge in [0.05, 0.1) is 6.54 Å². The molecule has 0 saturated heterocycles. The van der Waals surface area contributed by atoms with Crippen LogP contribution < -0.4 is 16.0 Å². The molecule has 0 aromatic carbocycles. The van der Waals surface area contributed by atoms with Crippen molar-refractivity contribution in [3.8, 4) is 0 Å². The molecule has 2 atom stereocenters. The molecule has 0 aliphatic carbocycles. The van der Waals surface area contributed by atoms with Crippen LogP contribution in [0.25, 0.3) is 0 Å². The van der Waals surface area contributed by atoms with Crippen LogP contribution in [0.3, 0.4) is 0 Å². The highest BCUT2D eigenvalue weighted by molar-refractivity contribution is 5.88. The minimum absolute atomic E-state index is 0.0186. The van der Waals surface area contributed by atoms with Crippen molar-refractivity contribution in [3.05, 3.63) is 0 Å². The normalized spacial score (nSPS) is 12.1. The number of Topliss-reactive ketones (excluding diaryl/α,β-unsaturated/α-hetero) is 1. The number of carbonyl (C=O) groups excluding carboxylic acids is 4. The molecule has 13 heteroatoms. The highest BCUT2D eigenvalue weighted by Gasteiger charge is 2.22. The van der Waals surface area contributed by atoms with E-state index in [9.17, 15) is 38.7 Å². The van der Waals surface area contributed by atoms with Crippen LogP contribution in [0.1, 0.15) is 135 Å². The number of ketones is 1. The summed E-state index contributed by atoms with van der Waals surface area (Å²) in [6.07, 6.45) is 14.7. The molecule has 252 valence electrons. The minimum Gasteiger partial charge on any atom is -0.481 e. The summed E-state index contributed by atoms with van der Waals surface area (Å²) in [5.41, 5.74) is 0. The lowest BCUT2D eigenvalue weighted by atomic mass is 10.0. The van der Waals surface area contributed by atoms with E-state index in [1.54, 1.807) is 0 Å².